The predicted octanol–water partition coefficient (Wildman–Crippen LogP) is 8.16. The van der Waals surface area contributed by atoms with Gasteiger partial charge in [-0.15, -0.1) is 0 Å². The molecule has 2 aliphatic rings. The molecule has 7 rings (SSSR count). The molecule has 3 aromatic carbocycles. The number of alkyl halides is 3. The molecule has 0 saturated carbocycles. The van der Waals surface area contributed by atoms with Gasteiger partial charge in [0, 0.05) is 35.7 Å². The van der Waals surface area contributed by atoms with E-state index in [0.29, 0.717) is 66.5 Å². The number of fused-ring (bicyclic) bond motifs is 1. The summed E-state index contributed by atoms with van der Waals surface area (Å²) in [6.45, 7) is 1.47. The Morgan fingerprint density at radius 2 is 1.57 bits per heavy atom. The number of amides is 1. The van der Waals surface area contributed by atoms with E-state index in [4.69, 9.17) is 13.9 Å². The molecule has 7 nitrogen and oxygen atoms in total. The van der Waals surface area contributed by atoms with E-state index >= 15 is 0 Å². The van der Waals surface area contributed by atoms with Crippen molar-refractivity contribution in [2.45, 2.75) is 38.7 Å². The molecule has 46 heavy (non-hydrogen) atoms. The summed E-state index contributed by atoms with van der Waals surface area (Å²) in [5.41, 5.74) is 3.15. The first-order chi connectivity index (χ1) is 22.2. The highest BCUT2D eigenvalue weighted by Crippen LogP contribution is 2.46. The van der Waals surface area contributed by atoms with Crippen LogP contribution in [0.4, 0.5) is 13.2 Å². The molecule has 1 amide bonds. The van der Waals surface area contributed by atoms with Gasteiger partial charge in [0.05, 0.1) is 5.56 Å². The number of pyridine rings is 1. The van der Waals surface area contributed by atoms with E-state index < -0.39 is 11.7 Å². The van der Waals surface area contributed by atoms with Crippen LogP contribution in [0.2, 0.25) is 0 Å². The first-order valence-corrected chi connectivity index (χ1v) is 15.1. The van der Waals surface area contributed by atoms with Crippen LogP contribution in [0.3, 0.4) is 0 Å². The molecule has 1 fully saturated rings. The summed E-state index contributed by atoms with van der Waals surface area (Å²) in [4.78, 5) is 24.2. The number of ether oxygens (including phenoxy) is 2. The van der Waals surface area contributed by atoms with E-state index in [0.717, 1.165) is 11.1 Å². The zero-order valence-electron chi connectivity index (χ0n) is 24.8. The number of oxazole rings is 1. The minimum atomic E-state index is -4.28. The third-order valence-electron chi connectivity index (χ3n) is 8.56. The van der Waals surface area contributed by atoms with Gasteiger partial charge in [0.1, 0.15) is 18.7 Å². The van der Waals surface area contributed by atoms with Crippen molar-refractivity contribution in [3.8, 4) is 23.2 Å². The molecule has 1 spiro atoms. The average molecular weight is 626 g/mol. The fraction of sp³-hybridized carbons (Fsp3) is 0.250. The summed E-state index contributed by atoms with van der Waals surface area (Å²) in [5, 5.41) is 0. The van der Waals surface area contributed by atoms with E-state index in [1.165, 1.54) is 6.08 Å². The largest absolute Gasteiger partial charge is 0.473 e. The van der Waals surface area contributed by atoms with Crippen LogP contribution in [0, 0.1) is 5.41 Å². The minimum absolute atomic E-state index is 0.00955. The summed E-state index contributed by atoms with van der Waals surface area (Å²) in [6, 6.07) is 28.1. The van der Waals surface area contributed by atoms with Crippen LogP contribution in [0.5, 0.6) is 11.8 Å². The van der Waals surface area contributed by atoms with Gasteiger partial charge in [-0.25, -0.2) is 4.98 Å². The second-order valence-corrected chi connectivity index (χ2v) is 11.8. The van der Waals surface area contributed by atoms with Crippen molar-refractivity contribution in [1.29, 1.82) is 0 Å². The first kappa shape index (κ1) is 29.6. The summed E-state index contributed by atoms with van der Waals surface area (Å²) in [7, 11) is 0. The van der Waals surface area contributed by atoms with Crippen molar-refractivity contribution < 1.29 is 31.9 Å². The van der Waals surface area contributed by atoms with Crippen LogP contribution in [0.15, 0.2) is 107 Å². The standard InChI is InChI=1S/C36H30F3N3O4/c37-36(38,39)27-15-17-35(18-16-27)22-42(23-35)34(43)26-11-13-29-30(19-26)46-33(40-29)28-12-14-31(44-20-24-7-3-1-4-8-24)41-32(28)45-21-25-9-5-2-6-10-25/h1-15,19H,16-18,20-23H2. The number of nitrogens with zero attached hydrogens (tertiary/aromatic N) is 3. The highest BCUT2D eigenvalue weighted by molar-refractivity contribution is 5.97. The van der Waals surface area contributed by atoms with Gasteiger partial charge in [-0.2, -0.15) is 18.2 Å². The molecule has 0 unspecified atom stereocenters. The minimum Gasteiger partial charge on any atom is -0.473 e. The van der Waals surface area contributed by atoms with Crippen molar-refractivity contribution in [2.24, 2.45) is 5.41 Å². The van der Waals surface area contributed by atoms with E-state index in [-0.39, 0.29) is 30.2 Å². The van der Waals surface area contributed by atoms with Crippen molar-refractivity contribution in [2.75, 3.05) is 13.1 Å². The van der Waals surface area contributed by atoms with Crippen LogP contribution in [-0.4, -0.2) is 40.0 Å². The molecule has 234 valence electrons. The zero-order chi connectivity index (χ0) is 31.7. The normalized spacial score (nSPS) is 15.8. The Balaban J connectivity index is 1.09. The third kappa shape index (κ3) is 6.20. The molecule has 3 heterocycles. The van der Waals surface area contributed by atoms with Gasteiger partial charge in [0.25, 0.3) is 5.91 Å². The van der Waals surface area contributed by atoms with E-state index in [9.17, 15) is 18.0 Å². The van der Waals surface area contributed by atoms with Gasteiger partial charge in [0.2, 0.25) is 17.7 Å². The number of halogens is 3. The number of allylic oxidation sites excluding steroid dienone is 2. The fourth-order valence-corrected chi connectivity index (χ4v) is 5.98. The molecular formula is C36H30F3N3O4. The maximum absolute atomic E-state index is 13.3. The molecule has 0 atom stereocenters. The lowest BCUT2D eigenvalue weighted by molar-refractivity contribution is -0.0993. The number of rotatable bonds is 8. The Morgan fingerprint density at radius 3 is 2.22 bits per heavy atom. The average Bonchev–Trinajstić information content (AvgIpc) is 3.49. The summed E-state index contributed by atoms with van der Waals surface area (Å²) < 4.78 is 57.4. The molecule has 0 bridgehead atoms. The second-order valence-electron chi connectivity index (χ2n) is 11.8. The van der Waals surface area contributed by atoms with Gasteiger partial charge in [-0.05, 0) is 54.7 Å². The number of benzene rings is 3. The van der Waals surface area contributed by atoms with Crippen molar-refractivity contribution in [3.05, 3.63) is 119 Å². The predicted molar refractivity (Wildman–Crippen MR) is 165 cm³/mol. The van der Waals surface area contributed by atoms with Crippen LogP contribution in [-0.2, 0) is 13.2 Å². The highest BCUT2D eigenvalue weighted by atomic mass is 19.4. The third-order valence-corrected chi connectivity index (χ3v) is 8.56. The van der Waals surface area contributed by atoms with Crippen LogP contribution < -0.4 is 9.47 Å². The van der Waals surface area contributed by atoms with E-state index in [2.05, 4.69) is 9.97 Å². The first-order valence-electron chi connectivity index (χ1n) is 15.1. The molecule has 0 N–H and O–H groups in total. The number of aromatic nitrogens is 2. The Bertz CT molecular complexity index is 1900. The van der Waals surface area contributed by atoms with Gasteiger partial charge in [0.15, 0.2) is 5.58 Å². The lowest BCUT2D eigenvalue weighted by Crippen LogP contribution is -2.58. The topological polar surface area (TPSA) is 77.7 Å². The Hall–Kier alpha value is -5.12. The van der Waals surface area contributed by atoms with Gasteiger partial charge in [-0.1, -0.05) is 66.7 Å². The molecule has 1 saturated heterocycles. The highest BCUT2D eigenvalue weighted by Gasteiger charge is 2.48. The maximum Gasteiger partial charge on any atom is 0.412 e. The van der Waals surface area contributed by atoms with E-state index in [1.54, 1.807) is 35.2 Å². The number of carbonyl (C=O) groups excluding carboxylic acids is 1. The molecule has 5 aromatic rings. The number of hydrogen-bond acceptors (Lipinski definition) is 6. The smallest absolute Gasteiger partial charge is 0.412 e. The Labute approximate surface area is 263 Å². The van der Waals surface area contributed by atoms with Gasteiger partial charge in [-0.3, -0.25) is 4.79 Å². The number of likely N-dealkylation sites (tertiary alicyclic amines) is 1. The van der Waals surface area contributed by atoms with E-state index in [1.807, 2.05) is 60.7 Å². The lowest BCUT2D eigenvalue weighted by Gasteiger charge is -2.51. The summed E-state index contributed by atoms with van der Waals surface area (Å²) in [5.74, 6) is 0.764. The molecular weight excluding hydrogens is 595 g/mol. The SMILES string of the molecule is O=C(c1ccc2nc(-c3ccc(OCc4ccccc4)nc3OCc3ccccc3)oc2c1)N1CC2(CC=C(C(F)(F)F)CC2)C1. The molecule has 1 aliphatic heterocycles. The second kappa shape index (κ2) is 12.0. The molecule has 1 aliphatic carbocycles. The number of carbonyl (C=O) groups is 1. The Morgan fingerprint density at radius 1 is 0.870 bits per heavy atom. The monoisotopic (exact) mass is 625 g/mol. The van der Waals surface area contributed by atoms with Gasteiger partial charge < -0.3 is 18.8 Å². The van der Waals surface area contributed by atoms with Gasteiger partial charge >= 0.3 is 6.18 Å². The summed E-state index contributed by atoms with van der Waals surface area (Å²) >= 11 is 0. The fourth-order valence-electron chi connectivity index (χ4n) is 5.98. The quantitative estimate of drug-likeness (QED) is 0.162. The van der Waals surface area contributed by atoms with Crippen LogP contribution >= 0.6 is 0 Å². The molecule has 0 radical (unpaired) electrons. The van der Waals surface area contributed by atoms with Crippen LogP contribution in [0.1, 0.15) is 40.7 Å². The Kier molecular flexibility index (Phi) is 7.72. The number of hydrogen-bond donors (Lipinski definition) is 0. The van der Waals surface area contributed by atoms with Crippen LogP contribution in [0.25, 0.3) is 22.6 Å². The van der Waals surface area contributed by atoms with Crippen molar-refractivity contribution in [1.82, 2.24) is 14.9 Å². The maximum atomic E-state index is 13.3. The molecule has 10 heteroatoms. The lowest BCUT2D eigenvalue weighted by atomic mass is 9.69. The molecule has 2 aromatic heterocycles. The zero-order valence-corrected chi connectivity index (χ0v) is 24.8. The van der Waals surface area contributed by atoms with Crippen molar-refractivity contribution in [3.63, 3.8) is 0 Å². The van der Waals surface area contributed by atoms with Crippen molar-refractivity contribution >= 4 is 17.0 Å². The summed E-state index contributed by atoms with van der Waals surface area (Å²) in [6.07, 6.45) is -2.25.